The number of benzene rings is 1. The fourth-order valence-corrected chi connectivity index (χ4v) is 1.95. The first-order valence-corrected chi connectivity index (χ1v) is 5.82. The minimum Gasteiger partial charge on any atom is -0.367 e. The lowest BCUT2D eigenvalue weighted by molar-refractivity contribution is 0.405. The predicted molar refractivity (Wildman–Crippen MR) is 66.4 cm³/mol. The van der Waals surface area contributed by atoms with Gasteiger partial charge in [0.1, 0.15) is 5.54 Å². The van der Waals surface area contributed by atoms with Crippen molar-refractivity contribution in [2.45, 2.75) is 32.2 Å². The third kappa shape index (κ3) is 1.88. The molecule has 1 aromatic rings. The first-order chi connectivity index (χ1) is 7.49. The van der Waals surface area contributed by atoms with Crippen molar-refractivity contribution < 1.29 is 0 Å². The molecule has 16 heavy (non-hydrogen) atoms. The summed E-state index contributed by atoms with van der Waals surface area (Å²) in [5, 5.41) is 13.4. The fourth-order valence-electron chi connectivity index (χ4n) is 1.82. The molecule has 1 aliphatic carbocycles. The van der Waals surface area contributed by atoms with Crippen LogP contribution in [-0.2, 0) is 0 Å². The standard InChI is InChI=1S/C13H15ClN2/c1-12(7-8-12)13(2,9-15)16-11-5-3-10(14)4-6-11/h3-6,16H,7-8H2,1-2H3. The highest BCUT2D eigenvalue weighted by Crippen LogP contribution is 2.54. The van der Waals surface area contributed by atoms with E-state index in [2.05, 4.69) is 18.3 Å². The summed E-state index contributed by atoms with van der Waals surface area (Å²) in [7, 11) is 0. The quantitative estimate of drug-likeness (QED) is 0.863. The maximum atomic E-state index is 9.34. The third-order valence-electron chi connectivity index (χ3n) is 3.67. The van der Waals surface area contributed by atoms with E-state index >= 15 is 0 Å². The number of nitriles is 1. The first kappa shape index (κ1) is 11.3. The van der Waals surface area contributed by atoms with Gasteiger partial charge in [0.25, 0.3) is 0 Å². The van der Waals surface area contributed by atoms with Gasteiger partial charge in [0, 0.05) is 16.1 Å². The summed E-state index contributed by atoms with van der Waals surface area (Å²) in [5.41, 5.74) is 0.545. The van der Waals surface area contributed by atoms with Gasteiger partial charge in [-0.2, -0.15) is 5.26 Å². The largest absolute Gasteiger partial charge is 0.367 e. The average molecular weight is 235 g/mol. The van der Waals surface area contributed by atoms with Crippen LogP contribution in [0.1, 0.15) is 26.7 Å². The summed E-state index contributed by atoms with van der Waals surface area (Å²) in [6, 6.07) is 9.87. The van der Waals surface area contributed by atoms with E-state index in [9.17, 15) is 5.26 Å². The number of halogens is 1. The number of nitrogens with zero attached hydrogens (tertiary/aromatic N) is 1. The number of nitrogens with one attached hydrogen (secondary N) is 1. The summed E-state index contributed by atoms with van der Waals surface area (Å²) in [5.74, 6) is 0. The van der Waals surface area contributed by atoms with Crippen LogP contribution in [0.15, 0.2) is 24.3 Å². The lowest BCUT2D eigenvalue weighted by Gasteiger charge is -2.31. The van der Waals surface area contributed by atoms with Gasteiger partial charge in [-0.25, -0.2) is 0 Å². The van der Waals surface area contributed by atoms with Crippen molar-refractivity contribution in [1.82, 2.24) is 0 Å². The Balaban J connectivity index is 2.20. The van der Waals surface area contributed by atoms with Crippen molar-refractivity contribution in [2.75, 3.05) is 5.32 Å². The molecule has 1 atom stereocenters. The summed E-state index contributed by atoms with van der Waals surface area (Å²) in [4.78, 5) is 0. The Morgan fingerprint density at radius 2 is 1.94 bits per heavy atom. The second kappa shape index (κ2) is 3.68. The second-order valence-corrected chi connectivity index (χ2v) is 5.37. The Morgan fingerprint density at radius 3 is 2.38 bits per heavy atom. The normalized spacial score (nSPS) is 20.6. The Labute approximate surface area is 101 Å². The summed E-state index contributed by atoms with van der Waals surface area (Å²) >= 11 is 5.83. The van der Waals surface area contributed by atoms with Crippen molar-refractivity contribution >= 4 is 17.3 Å². The number of anilines is 1. The van der Waals surface area contributed by atoms with Crippen LogP contribution in [-0.4, -0.2) is 5.54 Å². The maximum absolute atomic E-state index is 9.34. The lowest BCUT2D eigenvalue weighted by Crippen LogP contribution is -2.41. The van der Waals surface area contributed by atoms with Crippen LogP contribution in [0.5, 0.6) is 0 Å². The molecule has 1 aromatic carbocycles. The SMILES string of the molecule is CC1(C(C)(C#N)Nc2ccc(Cl)cc2)CC1. The summed E-state index contributed by atoms with van der Waals surface area (Å²) in [6.07, 6.45) is 2.22. The number of hydrogen-bond donors (Lipinski definition) is 1. The van der Waals surface area contributed by atoms with Crippen molar-refractivity contribution in [2.24, 2.45) is 5.41 Å². The van der Waals surface area contributed by atoms with E-state index in [1.54, 1.807) is 0 Å². The van der Waals surface area contributed by atoms with E-state index in [0.717, 1.165) is 18.5 Å². The minimum atomic E-state index is -0.499. The molecule has 3 heteroatoms. The monoisotopic (exact) mass is 234 g/mol. The Morgan fingerprint density at radius 1 is 1.38 bits per heavy atom. The van der Waals surface area contributed by atoms with Crippen LogP contribution in [0.25, 0.3) is 0 Å². The van der Waals surface area contributed by atoms with Crippen molar-refractivity contribution in [3.05, 3.63) is 29.3 Å². The Kier molecular flexibility index (Phi) is 2.59. The molecule has 0 heterocycles. The van der Waals surface area contributed by atoms with Gasteiger partial charge >= 0.3 is 0 Å². The van der Waals surface area contributed by atoms with E-state index in [4.69, 9.17) is 11.6 Å². The van der Waals surface area contributed by atoms with Crippen LogP contribution in [0, 0.1) is 16.7 Å². The van der Waals surface area contributed by atoms with Crippen LogP contribution in [0.2, 0.25) is 5.02 Å². The van der Waals surface area contributed by atoms with Gasteiger partial charge in [-0.15, -0.1) is 0 Å². The highest BCUT2D eigenvalue weighted by molar-refractivity contribution is 6.30. The van der Waals surface area contributed by atoms with E-state index in [0.29, 0.717) is 5.02 Å². The Bertz CT molecular complexity index is 428. The topological polar surface area (TPSA) is 35.8 Å². The molecule has 2 rings (SSSR count). The molecule has 0 spiro atoms. The van der Waals surface area contributed by atoms with Crippen molar-refractivity contribution in [3.63, 3.8) is 0 Å². The Hall–Kier alpha value is -1.20. The summed E-state index contributed by atoms with van der Waals surface area (Å²) in [6.45, 7) is 4.12. The molecule has 84 valence electrons. The molecule has 0 radical (unpaired) electrons. The van der Waals surface area contributed by atoms with E-state index in [1.807, 2.05) is 31.2 Å². The molecular weight excluding hydrogens is 220 g/mol. The zero-order valence-corrected chi connectivity index (χ0v) is 10.3. The third-order valence-corrected chi connectivity index (χ3v) is 3.92. The fraction of sp³-hybridized carbons (Fsp3) is 0.462. The van der Waals surface area contributed by atoms with Gasteiger partial charge in [0.2, 0.25) is 0 Å². The van der Waals surface area contributed by atoms with Gasteiger partial charge < -0.3 is 5.32 Å². The van der Waals surface area contributed by atoms with Gasteiger partial charge in [0.05, 0.1) is 6.07 Å². The highest BCUT2D eigenvalue weighted by atomic mass is 35.5. The first-order valence-electron chi connectivity index (χ1n) is 5.44. The second-order valence-electron chi connectivity index (χ2n) is 4.93. The zero-order chi connectivity index (χ0) is 11.8. The summed E-state index contributed by atoms with van der Waals surface area (Å²) < 4.78 is 0. The van der Waals surface area contributed by atoms with E-state index in [1.165, 1.54) is 0 Å². The van der Waals surface area contributed by atoms with E-state index in [-0.39, 0.29) is 5.41 Å². The number of rotatable bonds is 3. The van der Waals surface area contributed by atoms with Crippen LogP contribution in [0.4, 0.5) is 5.69 Å². The van der Waals surface area contributed by atoms with Gasteiger partial charge in [-0.05, 0) is 44.0 Å². The van der Waals surface area contributed by atoms with Crippen LogP contribution < -0.4 is 5.32 Å². The molecule has 1 fully saturated rings. The molecule has 0 bridgehead atoms. The molecule has 1 N–H and O–H groups in total. The molecule has 1 saturated carbocycles. The molecule has 1 unspecified atom stereocenters. The molecule has 2 nitrogen and oxygen atoms in total. The lowest BCUT2D eigenvalue weighted by atomic mass is 9.85. The average Bonchev–Trinajstić information content (AvgIpc) is 3.01. The molecule has 0 saturated heterocycles. The van der Waals surface area contributed by atoms with Gasteiger partial charge in [0.15, 0.2) is 0 Å². The molecule has 1 aliphatic rings. The van der Waals surface area contributed by atoms with Crippen molar-refractivity contribution in [3.8, 4) is 6.07 Å². The van der Waals surface area contributed by atoms with Crippen molar-refractivity contribution in [1.29, 1.82) is 5.26 Å². The molecular formula is C13H15ClN2. The smallest absolute Gasteiger partial charge is 0.127 e. The minimum absolute atomic E-state index is 0.0986. The molecule has 0 aromatic heterocycles. The zero-order valence-electron chi connectivity index (χ0n) is 9.55. The molecule has 0 amide bonds. The predicted octanol–water partition coefficient (Wildman–Crippen LogP) is 3.83. The molecule has 0 aliphatic heterocycles. The van der Waals surface area contributed by atoms with Crippen LogP contribution >= 0.6 is 11.6 Å². The van der Waals surface area contributed by atoms with Gasteiger partial charge in [-0.1, -0.05) is 18.5 Å². The highest BCUT2D eigenvalue weighted by Gasteiger charge is 2.53. The van der Waals surface area contributed by atoms with E-state index < -0.39 is 5.54 Å². The maximum Gasteiger partial charge on any atom is 0.127 e. The number of hydrogen-bond acceptors (Lipinski definition) is 2. The van der Waals surface area contributed by atoms with Gasteiger partial charge in [-0.3, -0.25) is 0 Å². The van der Waals surface area contributed by atoms with Crippen LogP contribution in [0.3, 0.4) is 0 Å².